The van der Waals surface area contributed by atoms with E-state index in [9.17, 15) is 9.18 Å². The molecule has 1 atom stereocenters. The van der Waals surface area contributed by atoms with Gasteiger partial charge in [0.25, 0.3) is 0 Å². The van der Waals surface area contributed by atoms with Gasteiger partial charge in [-0.1, -0.05) is 12.1 Å². The second kappa shape index (κ2) is 5.00. The summed E-state index contributed by atoms with van der Waals surface area (Å²) >= 11 is 0. The van der Waals surface area contributed by atoms with E-state index in [4.69, 9.17) is 4.74 Å². The third kappa shape index (κ3) is 2.25. The molecule has 1 aromatic rings. The normalized spacial score (nSPS) is 21.7. The van der Waals surface area contributed by atoms with Crippen molar-refractivity contribution >= 4 is 17.9 Å². The van der Waals surface area contributed by atoms with Crippen LogP contribution >= 0.6 is 0 Å². The molecule has 0 fully saturated rings. The minimum atomic E-state index is -1.15. The number of dihydropyridines is 1. The van der Waals surface area contributed by atoms with Crippen molar-refractivity contribution < 1.29 is 13.9 Å². The molecule has 4 nitrogen and oxygen atoms in total. The van der Waals surface area contributed by atoms with E-state index in [1.807, 2.05) is 0 Å². The molecule has 1 aromatic carbocycles. The smallest absolute Gasteiger partial charge is 0.337 e. The molecule has 0 bridgehead atoms. The molecule has 5 heteroatoms. The Morgan fingerprint density at radius 1 is 1.50 bits per heavy atom. The summed E-state index contributed by atoms with van der Waals surface area (Å²) in [5.74, 6) is -0.928. The number of anilines is 1. The number of nitrogens with one attached hydrogen (secondary N) is 1. The van der Waals surface area contributed by atoms with E-state index in [2.05, 4.69) is 10.3 Å². The van der Waals surface area contributed by atoms with Crippen LogP contribution in [-0.4, -0.2) is 31.4 Å². The number of ether oxygens (including phenoxy) is 1. The van der Waals surface area contributed by atoms with Crippen LogP contribution in [0.4, 0.5) is 10.1 Å². The highest BCUT2D eigenvalue weighted by Gasteiger charge is 2.38. The Morgan fingerprint density at radius 3 is 2.89 bits per heavy atom. The molecule has 1 unspecified atom stereocenters. The van der Waals surface area contributed by atoms with Crippen molar-refractivity contribution in [1.82, 2.24) is 0 Å². The summed E-state index contributed by atoms with van der Waals surface area (Å²) in [6.07, 6.45) is 4.84. The van der Waals surface area contributed by atoms with Crippen LogP contribution in [0.15, 0.2) is 41.4 Å². The lowest BCUT2D eigenvalue weighted by Gasteiger charge is -2.29. The lowest BCUT2D eigenvalue weighted by Crippen LogP contribution is -2.49. The number of para-hydroxylation sites is 1. The zero-order chi connectivity index (χ0) is 13.0. The van der Waals surface area contributed by atoms with E-state index in [0.29, 0.717) is 0 Å². The van der Waals surface area contributed by atoms with E-state index >= 15 is 0 Å². The number of benzene rings is 1. The molecular weight excluding hydrogens is 235 g/mol. The predicted molar refractivity (Wildman–Crippen MR) is 67.3 cm³/mol. The van der Waals surface area contributed by atoms with Gasteiger partial charge in [0.2, 0.25) is 0 Å². The number of rotatable bonds is 3. The quantitative estimate of drug-likeness (QED) is 0.830. The third-order valence-electron chi connectivity index (χ3n) is 2.69. The van der Waals surface area contributed by atoms with Gasteiger partial charge in [-0.05, 0) is 24.3 Å². The predicted octanol–water partition coefficient (Wildman–Crippen LogP) is 1.79. The molecule has 0 spiro atoms. The monoisotopic (exact) mass is 248 g/mol. The highest BCUT2D eigenvalue weighted by molar-refractivity contribution is 5.90. The van der Waals surface area contributed by atoms with Gasteiger partial charge in [0.1, 0.15) is 5.82 Å². The summed E-state index contributed by atoms with van der Waals surface area (Å²) < 4.78 is 18.4. The van der Waals surface area contributed by atoms with Gasteiger partial charge in [-0.3, -0.25) is 4.99 Å². The number of esters is 1. The molecule has 0 radical (unpaired) electrons. The fourth-order valence-corrected chi connectivity index (χ4v) is 1.77. The van der Waals surface area contributed by atoms with Crippen LogP contribution in [0.5, 0.6) is 0 Å². The first kappa shape index (κ1) is 12.3. The Bertz CT molecular complexity index is 513. The molecule has 0 saturated heterocycles. The minimum Gasteiger partial charge on any atom is -0.467 e. The first-order valence-electron chi connectivity index (χ1n) is 5.47. The van der Waals surface area contributed by atoms with Crippen LogP contribution in [0, 0.1) is 5.82 Å². The van der Waals surface area contributed by atoms with E-state index in [1.54, 1.807) is 36.6 Å². The second-order valence-electron chi connectivity index (χ2n) is 3.92. The van der Waals surface area contributed by atoms with Crippen molar-refractivity contribution in [3.63, 3.8) is 0 Å². The molecule has 1 heterocycles. The summed E-state index contributed by atoms with van der Waals surface area (Å²) in [5, 5.41) is 2.86. The first-order valence-corrected chi connectivity index (χ1v) is 5.47. The number of halogens is 1. The summed E-state index contributed by atoms with van der Waals surface area (Å²) in [6.45, 7) is 0.171. The minimum absolute atomic E-state index is 0.171. The molecule has 0 aromatic heterocycles. The number of hydrogen-bond donors (Lipinski definition) is 1. The lowest BCUT2D eigenvalue weighted by molar-refractivity contribution is -0.143. The number of allylic oxidation sites excluding steroid dienone is 1. The summed E-state index contributed by atoms with van der Waals surface area (Å²) in [4.78, 5) is 15.9. The number of aliphatic imine (C=N–C) groups is 1. The average Bonchev–Trinajstić information content (AvgIpc) is 2.41. The number of methoxy groups -OCH3 is 1. The SMILES string of the molecule is COC(=O)C1(Nc2ccccc2F)C=CC=NC1. The van der Waals surface area contributed by atoms with Gasteiger partial charge in [0, 0.05) is 6.21 Å². The lowest BCUT2D eigenvalue weighted by atomic mass is 9.97. The van der Waals surface area contributed by atoms with Crippen LogP contribution in [0.3, 0.4) is 0 Å². The molecule has 0 aliphatic carbocycles. The molecule has 2 rings (SSSR count). The summed E-state index contributed by atoms with van der Waals surface area (Å²) in [6, 6.07) is 6.15. The molecule has 0 saturated carbocycles. The van der Waals surface area contributed by atoms with E-state index < -0.39 is 17.3 Å². The van der Waals surface area contributed by atoms with Gasteiger partial charge in [0.15, 0.2) is 5.54 Å². The van der Waals surface area contributed by atoms with Crippen LogP contribution in [-0.2, 0) is 9.53 Å². The maximum atomic E-state index is 13.6. The number of nitrogens with zero attached hydrogens (tertiary/aromatic N) is 1. The van der Waals surface area contributed by atoms with Crippen LogP contribution in [0.2, 0.25) is 0 Å². The number of carbonyl (C=O) groups excluding carboxylic acids is 1. The van der Waals surface area contributed by atoms with Crippen molar-refractivity contribution in [2.24, 2.45) is 4.99 Å². The molecule has 0 amide bonds. The molecule has 18 heavy (non-hydrogen) atoms. The van der Waals surface area contributed by atoms with Gasteiger partial charge in [0.05, 0.1) is 19.3 Å². The van der Waals surface area contributed by atoms with E-state index in [-0.39, 0.29) is 12.2 Å². The first-order chi connectivity index (χ1) is 8.68. The fourth-order valence-electron chi connectivity index (χ4n) is 1.77. The maximum absolute atomic E-state index is 13.6. The van der Waals surface area contributed by atoms with Gasteiger partial charge in [-0.2, -0.15) is 0 Å². The van der Waals surface area contributed by atoms with Gasteiger partial charge in [-0.25, -0.2) is 9.18 Å². The Morgan fingerprint density at radius 2 is 2.28 bits per heavy atom. The number of carbonyl (C=O) groups is 1. The molecular formula is C13H13FN2O2. The van der Waals surface area contributed by atoms with Crippen molar-refractivity contribution in [3.8, 4) is 0 Å². The van der Waals surface area contributed by atoms with Crippen molar-refractivity contribution in [2.75, 3.05) is 19.0 Å². The highest BCUT2D eigenvalue weighted by Crippen LogP contribution is 2.23. The maximum Gasteiger partial charge on any atom is 0.337 e. The fraction of sp³-hybridized carbons (Fsp3) is 0.231. The Balaban J connectivity index is 2.32. The van der Waals surface area contributed by atoms with Crippen LogP contribution < -0.4 is 5.32 Å². The Kier molecular flexibility index (Phi) is 3.41. The molecule has 1 N–H and O–H groups in total. The Labute approximate surface area is 104 Å². The highest BCUT2D eigenvalue weighted by atomic mass is 19.1. The molecule has 94 valence electrons. The summed E-state index contributed by atoms with van der Waals surface area (Å²) in [5.41, 5.74) is -0.907. The van der Waals surface area contributed by atoms with Gasteiger partial charge >= 0.3 is 5.97 Å². The third-order valence-corrected chi connectivity index (χ3v) is 2.69. The van der Waals surface area contributed by atoms with E-state index in [1.165, 1.54) is 13.2 Å². The zero-order valence-corrected chi connectivity index (χ0v) is 9.89. The largest absolute Gasteiger partial charge is 0.467 e. The van der Waals surface area contributed by atoms with Crippen molar-refractivity contribution in [2.45, 2.75) is 5.54 Å². The van der Waals surface area contributed by atoms with Crippen molar-refractivity contribution in [1.29, 1.82) is 0 Å². The zero-order valence-electron chi connectivity index (χ0n) is 9.89. The van der Waals surface area contributed by atoms with Crippen LogP contribution in [0.1, 0.15) is 0 Å². The molecule has 1 aliphatic rings. The van der Waals surface area contributed by atoms with Crippen molar-refractivity contribution in [3.05, 3.63) is 42.2 Å². The Hall–Kier alpha value is -2.17. The van der Waals surface area contributed by atoms with Gasteiger partial charge < -0.3 is 10.1 Å². The van der Waals surface area contributed by atoms with Crippen LogP contribution in [0.25, 0.3) is 0 Å². The van der Waals surface area contributed by atoms with E-state index in [0.717, 1.165) is 0 Å². The number of hydrogen-bond acceptors (Lipinski definition) is 4. The molecule has 1 aliphatic heterocycles. The average molecular weight is 248 g/mol. The second-order valence-corrected chi connectivity index (χ2v) is 3.92. The van der Waals surface area contributed by atoms with Gasteiger partial charge in [-0.15, -0.1) is 0 Å². The topological polar surface area (TPSA) is 50.7 Å². The summed E-state index contributed by atoms with van der Waals surface area (Å²) in [7, 11) is 1.29. The standard InChI is InChI=1S/C13H13FN2O2/c1-18-12(17)13(7-4-8-15-9-13)16-11-6-3-2-5-10(11)14/h2-8,16H,9H2,1H3.